The molecule has 0 saturated heterocycles. The molecule has 2 heteroatoms. The van der Waals surface area contributed by atoms with E-state index in [4.69, 9.17) is 0 Å². The molecule has 0 radical (unpaired) electrons. The van der Waals surface area contributed by atoms with Crippen LogP contribution in [-0.4, -0.2) is 10.9 Å². The molecule has 168 valence electrons. The highest BCUT2D eigenvalue weighted by molar-refractivity contribution is 6.05. The second-order valence-electron chi connectivity index (χ2n) is 12.2. The molecule has 0 aromatic carbocycles. The van der Waals surface area contributed by atoms with Crippen LogP contribution in [0.5, 0.6) is 0 Å². The number of carbonyl (C=O) groups excluding carboxylic acids is 1. The zero-order valence-corrected chi connectivity index (χ0v) is 20.0. The summed E-state index contributed by atoms with van der Waals surface area (Å²) < 4.78 is 0. The van der Waals surface area contributed by atoms with Crippen molar-refractivity contribution in [3.63, 3.8) is 0 Å². The van der Waals surface area contributed by atoms with Crippen molar-refractivity contribution >= 4 is 5.78 Å². The van der Waals surface area contributed by atoms with Crippen molar-refractivity contribution in [1.82, 2.24) is 0 Å². The Bertz CT molecular complexity index is 731. The summed E-state index contributed by atoms with van der Waals surface area (Å²) in [6, 6.07) is 0. The van der Waals surface area contributed by atoms with Crippen LogP contribution in [0.1, 0.15) is 98.8 Å². The second kappa shape index (κ2) is 8.14. The Morgan fingerprint density at radius 3 is 2.57 bits per heavy atom. The van der Waals surface area contributed by atoms with E-state index in [1.165, 1.54) is 56.9 Å². The first-order valence-corrected chi connectivity index (χ1v) is 12.8. The lowest BCUT2D eigenvalue weighted by atomic mass is 9.46. The molecule has 2 nitrogen and oxygen atoms in total. The lowest BCUT2D eigenvalue weighted by molar-refractivity contribution is -0.113. The molecule has 0 bridgehead atoms. The first-order chi connectivity index (χ1) is 14.2. The van der Waals surface area contributed by atoms with Gasteiger partial charge in [-0.3, -0.25) is 4.79 Å². The molecule has 0 amide bonds. The maximum atomic E-state index is 12.4. The van der Waals surface area contributed by atoms with Crippen LogP contribution in [0.3, 0.4) is 0 Å². The number of aliphatic hydroxyl groups excluding tert-OH is 1. The van der Waals surface area contributed by atoms with Crippen LogP contribution in [0, 0.1) is 46.3 Å². The van der Waals surface area contributed by atoms with Gasteiger partial charge in [0.05, 0.1) is 6.26 Å². The van der Waals surface area contributed by atoms with Crippen molar-refractivity contribution in [2.75, 3.05) is 0 Å². The third kappa shape index (κ3) is 3.51. The monoisotopic (exact) mass is 412 g/mol. The summed E-state index contributed by atoms with van der Waals surface area (Å²) >= 11 is 0. The molecule has 4 aliphatic carbocycles. The molecule has 7 atom stereocenters. The van der Waals surface area contributed by atoms with Crippen LogP contribution in [0.15, 0.2) is 23.5 Å². The molecule has 4 rings (SSSR count). The van der Waals surface area contributed by atoms with Gasteiger partial charge in [0.1, 0.15) is 0 Å². The van der Waals surface area contributed by atoms with Gasteiger partial charge in [0.25, 0.3) is 0 Å². The van der Waals surface area contributed by atoms with Crippen molar-refractivity contribution in [2.45, 2.75) is 98.8 Å². The zero-order chi connectivity index (χ0) is 21.7. The van der Waals surface area contributed by atoms with Crippen LogP contribution < -0.4 is 0 Å². The Balaban J connectivity index is 1.52. The Kier molecular flexibility index (Phi) is 6.01. The minimum atomic E-state index is 0.0419. The van der Waals surface area contributed by atoms with Crippen molar-refractivity contribution in [1.29, 1.82) is 0 Å². The highest BCUT2D eigenvalue weighted by Gasteiger charge is 2.59. The number of rotatable bonds is 5. The van der Waals surface area contributed by atoms with E-state index >= 15 is 0 Å². The normalized spacial score (nSPS) is 43.2. The van der Waals surface area contributed by atoms with Gasteiger partial charge in [-0.1, -0.05) is 59.5 Å². The summed E-state index contributed by atoms with van der Waals surface area (Å²) in [5, 5.41) is 9.64. The Morgan fingerprint density at radius 2 is 1.87 bits per heavy atom. The van der Waals surface area contributed by atoms with E-state index in [0.717, 1.165) is 48.7 Å². The zero-order valence-electron chi connectivity index (χ0n) is 20.0. The number of carbonyl (C=O) groups is 1. The van der Waals surface area contributed by atoms with E-state index in [-0.39, 0.29) is 11.2 Å². The van der Waals surface area contributed by atoms with E-state index in [1.807, 2.05) is 6.08 Å². The maximum absolute atomic E-state index is 12.4. The van der Waals surface area contributed by atoms with E-state index in [1.54, 1.807) is 0 Å². The van der Waals surface area contributed by atoms with Crippen molar-refractivity contribution < 1.29 is 9.90 Å². The Hall–Kier alpha value is -1.05. The fourth-order valence-electron chi connectivity index (χ4n) is 8.68. The van der Waals surface area contributed by atoms with Gasteiger partial charge in [0, 0.05) is 5.57 Å². The predicted molar refractivity (Wildman–Crippen MR) is 124 cm³/mol. The molecule has 3 saturated carbocycles. The summed E-state index contributed by atoms with van der Waals surface area (Å²) in [6.07, 6.45) is 15.7. The van der Waals surface area contributed by atoms with Gasteiger partial charge in [0.2, 0.25) is 0 Å². The van der Waals surface area contributed by atoms with Crippen LogP contribution in [-0.2, 0) is 4.79 Å². The molecule has 3 fully saturated rings. The number of hydrogen-bond acceptors (Lipinski definition) is 2. The van der Waals surface area contributed by atoms with Gasteiger partial charge >= 0.3 is 0 Å². The van der Waals surface area contributed by atoms with Crippen LogP contribution in [0.4, 0.5) is 0 Å². The molecule has 30 heavy (non-hydrogen) atoms. The van der Waals surface area contributed by atoms with Gasteiger partial charge in [-0.15, -0.1) is 0 Å². The molecule has 4 aliphatic rings. The lowest BCUT2D eigenvalue weighted by Crippen LogP contribution is -2.51. The van der Waals surface area contributed by atoms with Gasteiger partial charge < -0.3 is 5.11 Å². The molecule has 0 aliphatic heterocycles. The third-order valence-corrected chi connectivity index (χ3v) is 10.3. The third-order valence-electron chi connectivity index (χ3n) is 10.3. The standard InChI is InChI=1S/C28H44O2/c1-18(2)7-6-8-19(3)23-11-12-24-22-10-9-21-15-26(30)20(17-29)16-28(21,5)25(22)13-14-27(23,24)4/h15,17-19,22-25,29H,6-14,16H2,1-5H3/b20-17-/t19-,22+,23-,24+,25+,27-,28+/m1/s1. The lowest BCUT2D eigenvalue weighted by Gasteiger charge is -2.58. The van der Waals surface area contributed by atoms with Crippen LogP contribution in [0.25, 0.3) is 0 Å². The van der Waals surface area contributed by atoms with Crippen LogP contribution >= 0.6 is 0 Å². The first kappa shape index (κ1) is 22.2. The van der Waals surface area contributed by atoms with E-state index < -0.39 is 0 Å². The quantitative estimate of drug-likeness (QED) is 0.372. The smallest absolute Gasteiger partial charge is 0.184 e. The Morgan fingerprint density at radius 1 is 1.10 bits per heavy atom. The minimum absolute atomic E-state index is 0.0419. The Labute approximate surface area is 184 Å². The molecule has 0 spiro atoms. The van der Waals surface area contributed by atoms with Gasteiger partial charge in [-0.25, -0.2) is 0 Å². The second-order valence-corrected chi connectivity index (χ2v) is 12.2. The fraction of sp³-hybridized carbons (Fsp3) is 0.821. The summed E-state index contributed by atoms with van der Waals surface area (Å²) in [7, 11) is 0. The molecule has 0 aromatic heterocycles. The molecule has 0 heterocycles. The van der Waals surface area contributed by atoms with Gasteiger partial charge in [0.15, 0.2) is 5.78 Å². The summed E-state index contributed by atoms with van der Waals surface area (Å²) in [5.41, 5.74) is 2.59. The number of fused-ring (bicyclic) bond motifs is 5. The molecular formula is C28H44O2. The highest BCUT2D eigenvalue weighted by atomic mass is 16.2. The average Bonchev–Trinajstić information content (AvgIpc) is 3.05. The number of ketones is 1. The number of hydrogen-bond donors (Lipinski definition) is 1. The maximum Gasteiger partial charge on any atom is 0.184 e. The predicted octanol–water partition coefficient (Wildman–Crippen LogP) is 7.65. The molecule has 0 aromatic rings. The minimum Gasteiger partial charge on any atom is -0.515 e. The molecule has 0 unspecified atom stereocenters. The first-order valence-electron chi connectivity index (χ1n) is 12.8. The number of allylic oxidation sites excluding steroid dienone is 2. The molecule has 1 N–H and O–H groups in total. The van der Waals surface area contributed by atoms with Crippen molar-refractivity contribution in [2.24, 2.45) is 46.3 Å². The number of aliphatic hydroxyl groups is 1. The average molecular weight is 413 g/mol. The van der Waals surface area contributed by atoms with Gasteiger partial charge in [-0.2, -0.15) is 0 Å². The fourth-order valence-corrected chi connectivity index (χ4v) is 8.68. The SMILES string of the molecule is CC(C)CCC[C@@H](C)[C@H]1CC[C@H]2[C@@H]3CCC4=CC(=O)/C(=C\O)C[C@]4(C)[C@H]3CC[C@]12C. The van der Waals surface area contributed by atoms with Crippen LogP contribution in [0.2, 0.25) is 0 Å². The van der Waals surface area contributed by atoms with E-state index in [9.17, 15) is 9.90 Å². The highest BCUT2D eigenvalue weighted by Crippen LogP contribution is 2.67. The topological polar surface area (TPSA) is 37.3 Å². The van der Waals surface area contributed by atoms with E-state index in [0.29, 0.717) is 16.9 Å². The van der Waals surface area contributed by atoms with Gasteiger partial charge in [-0.05, 0) is 97.4 Å². The summed E-state index contributed by atoms with van der Waals surface area (Å²) in [4.78, 5) is 12.4. The molecular weight excluding hydrogens is 368 g/mol. The summed E-state index contributed by atoms with van der Waals surface area (Å²) in [6.45, 7) is 12.3. The van der Waals surface area contributed by atoms with Crippen molar-refractivity contribution in [3.8, 4) is 0 Å². The largest absolute Gasteiger partial charge is 0.515 e. The summed E-state index contributed by atoms with van der Waals surface area (Å²) in [5.74, 6) is 4.93. The van der Waals surface area contributed by atoms with E-state index in [2.05, 4.69) is 34.6 Å². The van der Waals surface area contributed by atoms with Crippen molar-refractivity contribution in [3.05, 3.63) is 23.5 Å².